The molecule has 1 saturated heterocycles. The normalized spacial score (nSPS) is 19.4. The van der Waals surface area contributed by atoms with Gasteiger partial charge in [0.15, 0.2) is 17.8 Å². The number of rotatable bonds is 1. The quantitative estimate of drug-likeness (QED) is 0.795. The van der Waals surface area contributed by atoms with Crippen molar-refractivity contribution in [3.05, 3.63) is 21.7 Å². The highest BCUT2D eigenvalue weighted by molar-refractivity contribution is 9.10. The second-order valence-electron chi connectivity index (χ2n) is 3.71. The van der Waals surface area contributed by atoms with Crippen molar-refractivity contribution in [1.29, 1.82) is 0 Å². The van der Waals surface area contributed by atoms with Gasteiger partial charge in [0, 0.05) is 11.1 Å². The van der Waals surface area contributed by atoms with Crippen LogP contribution in [0, 0.1) is 6.92 Å². The monoisotopic (exact) mass is 286 g/mol. The highest BCUT2D eigenvalue weighted by atomic mass is 79.9. The number of hydrogen-bond donors (Lipinski definition) is 0. The summed E-state index contributed by atoms with van der Waals surface area (Å²) >= 11 is 3.46. The Bertz CT molecular complexity index is 426. The fraction of sp³-hybridized carbons (Fsp3) is 0.455. The Hall–Kier alpha value is -0.780. The molecule has 3 rings (SSSR count). The summed E-state index contributed by atoms with van der Waals surface area (Å²) in [5.74, 6) is 1.54. The van der Waals surface area contributed by atoms with Crippen LogP contribution >= 0.6 is 15.9 Å². The fourth-order valence-corrected chi connectivity index (χ4v) is 2.50. The van der Waals surface area contributed by atoms with Crippen molar-refractivity contribution in [2.75, 3.05) is 20.0 Å². The number of ether oxygens (including phenoxy) is 4. The summed E-state index contributed by atoms with van der Waals surface area (Å²) in [5.41, 5.74) is 2.01. The summed E-state index contributed by atoms with van der Waals surface area (Å²) in [6.07, 6.45) is -0.286. The number of hydrogen-bond acceptors (Lipinski definition) is 4. The van der Waals surface area contributed by atoms with Crippen LogP contribution in [-0.4, -0.2) is 20.0 Å². The number of benzene rings is 1. The van der Waals surface area contributed by atoms with E-state index in [9.17, 15) is 0 Å². The lowest BCUT2D eigenvalue weighted by atomic mass is 10.1. The molecule has 1 aromatic rings. The average Bonchev–Trinajstić information content (AvgIpc) is 2.92. The van der Waals surface area contributed by atoms with Crippen LogP contribution in [0.15, 0.2) is 10.5 Å². The Labute approximate surface area is 102 Å². The SMILES string of the molecule is Cc1c(C2OCCO2)cc(Br)c2c1OCO2. The first-order valence-electron chi connectivity index (χ1n) is 5.09. The van der Waals surface area contributed by atoms with E-state index in [0.717, 1.165) is 27.1 Å². The molecule has 0 aliphatic carbocycles. The van der Waals surface area contributed by atoms with Crippen LogP contribution in [0.1, 0.15) is 17.4 Å². The van der Waals surface area contributed by atoms with Crippen LogP contribution in [-0.2, 0) is 9.47 Å². The molecule has 0 N–H and O–H groups in total. The van der Waals surface area contributed by atoms with Crippen LogP contribution < -0.4 is 9.47 Å². The van der Waals surface area contributed by atoms with Crippen molar-refractivity contribution in [2.24, 2.45) is 0 Å². The fourth-order valence-electron chi connectivity index (χ4n) is 1.96. The summed E-state index contributed by atoms with van der Waals surface area (Å²) in [6.45, 7) is 3.53. The molecule has 2 aliphatic heterocycles. The van der Waals surface area contributed by atoms with E-state index in [1.165, 1.54) is 0 Å². The van der Waals surface area contributed by atoms with Crippen molar-refractivity contribution < 1.29 is 18.9 Å². The lowest BCUT2D eigenvalue weighted by molar-refractivity contribution is -0.0446. The minimum atomic E-state index is -0.286. The van der Waals surface area contributed by atoms with Gasteiger partial charge in [0.25, 0.3) is 0 Å². The Morgan fingerprint density at radius 2 is 1.88 bits per heavy atom. The third-order valence-electron chi connectivity index (χ3n) is 2.76. The van der Waals surface area contributed by atoms with E-state index in [1.807, 2.05) is 13.0 Å². The molecule has 86 valence electrons. The number of fused-ring (bicyclic) bond motifs is 1. The largest absolute Gasteiger partial charge is 0.453 e. The third-order valence-corrected chi connectivity index (χ3v) is 3.35. The number of halogens is 1. The van der Waals surface area contributed by atoms with E-state index >= 15 is 0 Å². The molecule has 0 atom stereocenters. The molecule has 0 radical (unpaired) electrons. The van der Waals surface area contributed by atoms with E-state index in [1.54, 1.807) is 0 Å². The van der Waals surface area contributed by atoms with Crippen LogP contribution in [0.5, 0.6) is 11.5 Å². The summed E-state index contributed by atoms with van der Waals surface area (Å²) in [6, 6.07) is 1.97. The molecule has 1 fully saturated rings. The Morgan fingerprint density at radius 3 is 2.62 bits per heavy atom. The second kappa shape index (κ2) is 3.91. The Morgan fingerprint density at radius 1 is 1.19 bits per heavy atom. The van der Waals surface area contributed by atoms with Gasteiger partial charge in [-0.2, -0.15) is 0 Å². The van der Waals surface area contributed by atoms with Gasteiger partial charge in [0.1, 0.15) is 0 Å². The lowest BCUT2D eigenvalue weighted by Gasteiger charge is -2.14. The summed E-state index contributed by atoms with van der Waals surface area (Å²) in [7, 11) is 0. The van der Waals surface area contributed by atoms with Gasteiger partial charge in [-0.15, -0.1) is 0 Å². The van der Waals surface area contributed by atoms with Gasteiger partial charge in [-0.25, -0.2) is 0 Å². The van der Waals surface area contributed by atoms with Gasteiger partial charge in [-0.3, -0.25) is 0 Å². The molecule has 1 aromatic carbocycles. The molecule has 0 unspecified atom stereocenters. The summed E-state index contributed by atoms with van der Waals surface area (Å²) in [5, 5.41) is 0. The minimum absolute atomic E-state index is 0.268. The molecule has 4 nitrogen and oxygen atoms in total. The summed E-state index contributed by atoms with van der Waals surface area (Å²) in [4.78, 5) is 0. The van der Waals surface area contributed by atoms with Crippen molar-refractivity contribution in [1.82, 2.24) is 0 Å². The van der Waals surface area contributed by atoms with E-state index in [2.05, 4.69) is 15.9 Å². The van der Waals surface area contributed by atoms with Crippen molar-refractivity contribution in [3.8, 4) is 11.5 Å². The molecular formula is C11H11BrO4. The molecule has 0 amide bonds. The van der Waals surface area contributed by atoms with Gasteiger partial charge in [-0.05, 0) is 28.9 Å². The van der Waals surface area contributed by atoms with Crippen molar-refractivity contribution in [3.63, 3.8) is 0 Å². The topological polar surface area (TPSA) is 36.9 Å². The van der Waals surface area contributed by atoms with Gasteiger partial charge in [-0.1, -0.05) is 0 Å². The van der Waals surface area contributed by atoms with E-state index in [-0.39, 0.29) is 13.1 Å². The van der Waals surface area contributed by atoms with Crippen LogP contribution in [0.4, 0.5) is 0 Å². The van der Waals surface area contributed by atoms with E-state index in [0.29, 0.717) is 13.2 Å². The zero-order valence-corrected chi connectivity index (χ0v) is 10.4. The van der Waals surface area contributed by atoms with Gasteiger partial charge >= 0.3 is 0 Å². The molecule has 0 bridgehead atoms. The molecule has 0 spiro atoms. The predicted octanol–water partition coefficient (Wildman–Crippen LogP) is 2.53. The lowest BCUT2D eigenvalue weighted by Crippen LogP contribution is -2.01. The van der Waals surface area contributed by atoms with Gasteiger partial charge in [0.05, 0.1) is 17.7 Å². The first kappa shape index (κ1) is 10.4. The summed E-state index contributed by atoms with van der Waals surface area (Å²) < 4.78 is 22.7. The maximum atomic E-state index is 5.50. The van der Waals surface area contributed by atoms with Crippen LogP contribution in [0.25, 0.3) is 0 Å². The highest BCUT2D eigenvalue weighted by Gasteiger charge is 2.27. The third kappa shape index (κ3) is 1.50. The molecule has 0 aromatic heterocycles. The van der Waals surface area contributed by atoms with Crippen LogP contribution in [0.2, 0.25) is 0 Å². The minimum Gasteiger partial charge on any atom is -0.453 e. The molecule has 2 aliphatic rings. The molecule has 0 saturated carbocycles. The Kier molecular flexibility index (Phi) is 2.53. The first-order chi connectivity index (χ1) is 7.77. The smallest absolute Gasteiger partial charge is 0.231 e. The van der Waals surface area contributed by atoms with E-state index in [4.69, 9.17) is 18.9 Å². The van der Waals surface area contributed by atoms with Gasteiger partial charge in [0.2, 0.25) is 6.79 Å². The van der Waals surface area contributed by atoms with E-state index < -0.39 is 0 Å². The Balaban J connectivity index is 2.08. The standard InChI is InChI=1S/C11H11BrO4/c1-6-7(11-13-2-3-14-11)4-8(12)10-9(6)15-5-16-10/h4,11H,2-3,5H2,1H3. The molecule has 2 heterocycles. The zero-order valence-electron chi connectivity index (χ0n) is 8.79. The molecule has 16 heavy (non-hydrogen) atoms. The highest BCUT2D eigenvalue weighted by Crippen LogP contribution is 2.45. The first-order valence-corrected chi connectivity index (χ1v) is 5.88. The predicted molar refractivity (Wildman–Crippen MR) is 59.6 cm³/mol. The van der Waals surface area contributed by atoms with Crippen molar-refractivity contribution >= 4 is 15.9 Å². The van der Waals surface area contributed by atoms with Crippen molar-refractivity contribution in [2.45, 2.75) is 13.2 Å². The average molecular weight is 287 g/mol. The molecular weight excluding hydrogens is 276 g/mol. The second-order valence-corrected chi connectivity index (χ2v) is 4.57. The molecule has 5 heteroatoms. The maximum Gasteiger partial charge on any atom is 0.231 e. The maximum absolute atomic E-state index is 5.50. The zero-order chi connectivity index (χ0) is 11.1. The van der Waals surface area contributed by atoms with Crippen LogP contribution in [0.3, 0.4) is 0 Å². The van der Waals surface area contributed by atoms with Gasteiger partial charge < -0.3 is 18.9 Å².